The molecule has 0 saturated carbocycles. The minimum atomic E-state index is -0.0522. The largest absolute Gasteiger partial charge is 0.466 e. The molecule has 128 valence electrons. The highest BCUT2D eigenvalue weighted by molar-refractivity contribution is 5.80. The molecule has 0 unspecified atom stereocenters. The van der Waals surface area contributed by atoms with Crippen LogP contribution >= 0.6 is 0 Å². The van der Waals surface area contributed by atoms with Gasteiger partial charge in [0.2, 0.25) is 0 Å². The van der Waals surface area contributed by atoms with Crippen molar-refractivity contribution >= 4 is 11.9 Å². The summed E-state index contributed by atoms with van der Waals surface area (Å²) in [6.07, 6.45) is 1.68. The lowest BCUT2D eigenvalue weighted by atomic mass is 9.97. The number of nitrogens with zero attached hydrogens (tertiary/aromatic N) is 3. The topological polar surface area (TPSA) is 57.2 Å². The Labute approximate surface area is 134 Å². The summed E-state index contributed by atoms with van der Waals surface area (Å²) >= 11 is 0. The SMILES string of the molecule is CCOC(=O)C1CCN(C(=NC)NCCN(C)C(C)C)CC1. The van der Waals surface area contributed by atoms with Crippen LogP contribution in [0.4, 0.5) is 0 Å². The van der Waals surface area contributed by atoms with Crippen molar-refractivity contribution in [1.29, 1.82) is 0 Å². The fourth-order valence-electron chi connectivity index (χ4n) is 2.52. The molecule has 6 heteroatoms. The molecule has 1 heterocycles. The predicted octanol–water partition coefficient (Wildman–Crippen LogP) is 1.18. The van der Waals surface area contributed by atoms with E-state index in [4.69, 9.17) is 4.74 Å². The second-order valence-electron chi connectivity index (χ2n) is 6.06. The van der Waals surface area contributed by atoms with Crippen LogP contribution in [0.1, 0.15) is 33.6 Å². The summed E-state index contributed by atoms with van der Waals surface area (Å²) < 4.78 is 5.11. The molecule has 0 spiro atoms. The number of guanidine groups is 1. The first-order chi connectivity index (χ1) is 10.5. The number of aliphatic imine (C=N–C) groups is 1. The zero-order chi connectivity index (χ0) is 16.5. The predicted molar refractivity (Wildman–Crippen MR) is 90.1 cm³/mol. The highest BCUT2D eigenvalue weighted by atomic mass is 16.5. The van der Waals surface area contributed by atoms with Crippen molar-refractivity contribution in [2.24, 2.45) is 10.9 Å². The highest BCUT2D eigenvalue weighted by Crippen LogP contribution is 2.18. The maximum absolute atomic E-state index is 11.8. The van der Waals surface area contributed by atoms with Crippen molar-refractivity contribution in [2.45, 2.75) is 39.7 Å². The molecule has 0 radical (unpaired) electrons. The van der Waals surface area contributed by atoms with Gasteiger partial charge in [-0.1, -0.05) is 0 Å². The van der Waals surface area contributed by atoms with Gasteiger partial charge in [-0.3, -0.25) is 9.79 Å². The molecule has 1 aliphatic heterocycles. The van der Waals surface area contributed by atoms with E-state index in [0.29, 0.717) is 12.6 Å². The Morgan fingerprint density at radius 3 is 2.55 bits per heavy atom. The smallest absolute Gasteiger partial charge is 0.309 e. The molecule has 1 saturated heterocycles. The molecular formula is C16H32N4O2. The highest BCUT2D eigenvalue weighted by Gasteiger charge is 2.27. The summed E-state index contributed by atoms with van der Waals surface area (Å²) in [5.41, 5.74) is 0. The zero-order valence-corrected chi connectivity index (χ0v) is 14.8. The van der Waals surface area contributed by atoms with E-state index in [9.17, 15) is 4.79 Å². The molecule has 0 aromatic heterocycles. The lowest BCUT2D eigenvalue weighted by molar-refractivity contribution is -0.149. The van der Waals surface area contributed by atoms with Crippen molar-refractivity contribution in [1.82, 2.24) is 15.1 Å². The fraction of sp³-hybridized carbons (Fsp3) is 0.875. The first kappa shape index (κ1) is 18.7. The van der Waals surface area contributed by atoms with E-state index in [0.717, 1.165) is 45.0 Å². The summed E-state index contributed by atoms with van der Waals surface area (Å²) in [7, 11) is 3.94. The molecule has 0 bridgehead atoms. The van der Waals surface area contributed by atoms with Crippen LogP contribution in [-0.4, -0.2) is 74.7 Å². The molecule has 0 atom stereocenters. The Kier molecular flexibility index (Phi) is 8.24. The van der Waals surface area contributed by atoms with E-state index < -0.39 is 0 Å². The van der Waals surface area contributed by atoms with Gasteiger partial charge in [-0.2, -0.15) is 0 Å². The van der Waals surface area contributed by atoms with Crippen LogP contribution in [0.2, 0.25) is 0 Å². The summed E-state index contributed by atoms with van der Waals surface area (Å²) in [5, 5.41) is 3.41. The van der Waals surface area contributed by atoms with Gasteiger partial charge < -0.3 is 19.9 Å². The van der Waals surface area contributed by atoms with Crippen molar-refractivity contribution < 1.29 is 9.53 Å². The van der Waals surface area contributed by atoms with Crippen LogP contribution < -0.4 is 5.32 Å². The van der Waals surface area contributed by atoms with Gasteiger partial charge in [0.05, 0.1) is 12.5 Å². The standard InChI is InChI=1S/C16H32N4O2/c1-6-22-15(21)14-7-10-20(11-8-14)16(17-4)18-9-12-19(5)13(2)3/h13-14H,6-12H2,1-5H3,(H,17,18). The number of likely N-dealkylation sites (tertiary alicyclic amines) is 1. The van der Waals surface area contributed by atoms with E-state index in [1.807, 2.05) is 14.0 Å². The molecule has 0 aromatic rings. The number of carbonyl (C=O) groups excluding carboxylic acids is 1. The molecular weight excluding hydrogens is 280 g/mol. The van der Waals surface area contributed by atoms with Gasteiger partial charge in [-0.05, 0) is 40.7 Å². The van der Waals surface area contributed by atoms with Gasteiger partial charge in [-0.25, -0.2) is 0 Å². The lowest BCUT2D eigenvalue weighted by Crippen LogP contribution is -2.48. The Morgan fingerprint density at radius 1 is 1.41 bits per heavy atom. The van der Waals surface area contributed by atoms with E-state index >= 15 is 0 Å². The Hall–Kier alpha value is -1.30. The van der Waals surface area contributed by atoms with Crippen LogP contribution in [0.25, 0.3) is 0 Å². The third-order valence-electron chi connectivity index (χ3n) is 4.26. The third kappa shape index (κ3) is 5.83. The first-order valence-corrected chi connectivity index (χ1v) is 8.32. The molecule has 1 N–H and O–H groups in total. The van der Waals surface area contributed by atoms with Crippen LogP contribution in [-0.2, 0) is 9.53 Å². The number of hydrogen-bond donors (Lipinski definition) is 1. The van der Waals surface area contributed by atoms with Crippen LogP contribution in [0.5, 0.6) is 0 Å². The molecule has 1 aliphatic rings. The van der Waals surface area contributed by atoms with Crippen molar-refractivity contribution in [2.75, 3.05) is 46.9 Å². The molecule has 0 aromatic carbocycles. The Bertz CT molecular complexity index is 363. The number of esters is 1. The van der Waals surface area contributed by atoms with E-state index in [1.54, 1.807) is 0 Å². The minimum absolute atomic E-state index is 0.0429. The number of hydrogen-bond acceptors (Lipinski definition) is 4. The normalized spacial score (nSPS) is 17.2. The summed E-state index contributed by atoms with van der Waals surface area (Å²) in [6.45, 7) is 10.3. The zero-order valence-electron chi connectivity index (χ0n) is 14.8. The van der Waals surface area contributed by atoms with Gasteiger partial charge in [0.25, 0.3) is 0 Å². The molecule has 1 fully saturated rings. The monoisotopic (exact) mass is 312 g/mol. The van der Waals surface area contributed by atoms with Crippen molar-refractivity contribution in [3.05, 3.63) is 0 Å². The molecule has 0 amide bonds. The van der Waals surface area contributed by atoms with Crippen LogP contribution in [0, 0.1) is 5.92 Å². The van der Waals surface area contributed by atoms with Gasteiger partial charge >= 0.3 is 5.97 Å². The van der Waals surface area contributed by atoms with Gasteiger partial charge in [0.15, 0.2) is 5.96 Å². The molecule has 0 aliphatic carbocycles. The van der Waals surface area contributed by atoms with Gasteiger partial charge in [0.1, 0.15) is 0 Å². The molecule has 1 rings (SSSR count). The number of piperidine rings is 1. The number of rotatable bonds is 6. The van der Waals surface area contributed by atoms with Gasteiger partial charge in [-0.15, -0.1) is 0 Å². The van der Waals surface area contributed by atoms with Crippen LogP contribution in [0.15, 0.2) is 4.99 Å². The number of carbonyl (C=O) groups is 1. The Morgan fingerprint density at radius 2 is 2.05 bits per heavy atom. The summed E-state index contributed by atoms with van der Waals surface area (Å²) in [4.78, 5) is 20.6. The Balaban J connectivity index is 2.36. The second kappa shape index (κ2) is 9.66. The molecule has 22 heavy (non-hydrogen) atoms. The quantitative estimate of drug-likeness (QED) is 0.453. The summed E-state index contributed by atoms with van der Waals surface area (Å²) in [5.74, 6) is 0.921. The fourth-order valence-corrected chi connectivity index (χ4v) is 2.52. The number of nitrogens with one attached hydrogen (secondary N) is 1. The second-order valence-corrected chi connectivity index (χ2v) is 6.06. The van der Waals surface area contributed by atoms with E-state index in [-0.39, 0.29) is 11.9 Å². The maximum atomic E-state index is 11.8. The first-order valence-electron chi connectivity index (χ1n) is 8.32. The van der Waals surface area contributed by atoms with E-state index in [2.05, 4.69) is 41.0 Å². The van der Waals surface area contributed by atoms with E-state index in [1.165, 1.54) is 0 Å². The lowest BCUT2D eigenvalue weighted by Gasteiger charge is -2.33. The number of likely N-dealkylation sites (N-methyl/N-ethyl adjacent to an activating group) is 1. The molecule has 6 nitrogen and oxygen atoms in total. The summed E-state index contributed by atoms with van der Waals surface area (Å²) in [6, 6.07) is 0.545. The number of ether oxygens (including phenoxy) is 1. The average molecular weight is 312 g/mol. The third-order valence-corrected chi connectivity index (χ3v) is 4.26. The van der Waals surface area contributed by atoms with Gasteiger partial charge in [0, 0.05) is 39.3 Å². The average Bonchev–Trinajstić information content (AvgIpc) is 2.51. The van der Waals surface area contributed by atoms with Crippen molar-refractivity contribution in [3.63, 3.8) is 0 Å². The maximum Gasteiger partial charge on any atom is 0.309 e. The van der Waals surface area contributed by atoms with Crippen molar-refractivity contribution in [3.8, 4) is 0 Å². The minimum Gasteiger partial charge on any atom is -0.466 e. The van der Waals surface area contributed by atoms with Crippen LogP contribution in [0.3, 0.4) is 0 Å².